The van der Waals surface area contributed by atoms with E-state index in [-0.39, 0.29) is 0 Å². The number of nitrogen functional groups attached to an aromatic ring is 1. The van der Waals surface area contributed by atoms with Crippen LogP contribution in [0.2, 0.25) is 10.0 Å². The van der Waals surface area contributed by atoms with Gasteiger partial charge in [0.2, 0.25) is 0 Å². The normalized spacial score (nSPS) is 10.9. The van der Waals surface area contributed by atoms with Gasteiger partial charge in [-0.15, -0.1) is 0 Å². The van der Waals surface area contributed by atoms with E-state index in [0.29, 0.717) is 27.1 Å². The number of anilines is 1. The Bertz CT molecular complexity index is 530. The highest BCUT2D eigenvalue weighted by Gasteiger charge is 2.04. The van der Waals surface area contributed by atoms with Crippen LogP contribution in [0.4, 0.5) is 11.5 Å². The number of nitrogens with zero attached hydrogens (tertiary/aromatic N) is 2. The minimum absolute atomic E-state index is 0.467. The van der Waals surface area contributed by atoms with Crippen LogP contribution in [0, 0.1) is 0 Å². The van der Waals surface area contributed by atoms with Crippen molar-refractivity contribution in [3.05, 3.63) is 52.1 Å². The number of benzene rings is 1. The van der Waals surface area contributed by atoms with E-state index in [4.69, 9.17) is 28.9 Å². The van der Waals surface area contributed by atoms with Crippen molar-refractivity contribution in [2.24, 2.45) is 4.99 Å². The van der Waals surface area contributed by atoms with Crippen molar-refractivity contribution < 1.29 is 0 Å². The van der Waals surface area contributed by atoms with Gasteiger partial charge in [0.1, 0.15) is 0 Å². The predicted octanol–water partition coefficient (Wildman–Crippen LogP) is 3.72. The zero-order valence-electron chi connectivity index (χ0n) is 8.77. The maximum Gasteiger partial charge on any atom is 0.151 e. The van der Waals surface area contributed by atoms with Crippen LogP contribution in [0.5, 0.6) is 0 Å². The molecule has 5 heteroatoms. The van der Waals surface area contributed by atoms with Crippen molar-refractivity contribution in [2.45, 2.75) is 0 Å². The van der Waals surface area contributed by atoms with Crippen LogP contribution in [-0.4, -0.2) is 11.2 Å². The molecule has 0 spiro atoms. The Morgan fingerprint density at radius 1 is 1.18 bits per heavy atom. The molecule has 1 aromatic heterocycles. The van der Waals surface area contributed by atoms with E-state index in [1.165, 1.54) is 0 Å². The quantitative estimate of drug-likeness (QED) is 0.665. The maximum atomic E-state index is 6.02. The van der Waals surface area contributed by atoms with Gasteiger partial charge in [0, 0.05) is 23.7 Å². The number of aromatic nitrogens is 1. The van der Waals surface area contributed by atoms with Gasteiger partial charge < -0.3 is 5.73 Å². The van der Waals surface area contributed by atoms with E-state index in [2.05, 4.69) is 9.98 Å². The number of halogens is 2. The van der Waals surface area contributed by atoms with Gasteiger partial charge in [0.15, 0.2) is 5.82 Å². The molecule has 0 saturated carbocycles. The molecule has 0 aliphatic heterocycles. The standard InChI is InChI=1S/C12H9Cl2N3/c13-10-5-8(15)6-11(14)9(10)7-17-12-3-1-2-4-16-12/h1-7H,15H2. The SMILES string of the molecule is Nc1cc(Cl)c(C=Nc2ccccn2)c(Cl)c1. The highest BCUT2D eigenvalue weighted by atomic mass is 35.5. The van der Waals surface area contributed by atoms with E-state index >= 15 is 0 Å². The summed E-state index contributed by atoms with van der Waals surface area (Å²) in [6.45, 7) is 0. The fourth-order valence-corrected chi connectivity index (χ4v) is 1.89. The average molecular weight is 266 g/mol. The fraction of sp³-hybridized carbons (Fsp3) is 0. The highest BCUT2D eigenvalue weighted by molar-refractivity contribution is 6.39. The molecular formula is C12H9Cl2N3. The van der Waals surface area contributed by atoms with Gasteiger partial charge in [0.25, 0.3) is 0 Å². The summed E-state index contributed by atoms with van der Waals surface area (Å²) in [5.74, 6) is 0.594. The Balaban J connectivity index is 2.34. The van der Waals surface area contributed by atoms with Gasteiger partial charge in [-0.3, -0.25) is 0 Å². The van der Waals surface area contributed by atoms with Crippen molar-refractivity contribution in [1.82, 2.24) is 4.98 Å². The topological polar surface area (TPSA) is 51.3 Å². The summed E-state index contributed by atoms with van der Waals surface area (Å²) in [6, 6.07) is 8.73. The Morgan fingerprint density at radius 3 is 2.47 bits per heavy atom. The van der Waals surface area contributed by atoms with Crippen LogP contribution in [0.25, 0.3) is 0 Å². The summed E-state index contributed by atoms with van der Waals surface area (Å²) in [5, 5.41) is 0.935. The number of rotatable bonds is 2. The molecule has 0 fully saturated rings. The number of pyridine rings is 1. The molecule has 0 atom stereocenters. The number of hydrogen-bond donors (Lipinski definition) is 1. The Hall–Kier alpha value is -1.58. The molecule has 1 heterocycles. The van der Waals surface area contributed by atoms with Crippen molar-refractivity contribution in [3.8, 4) is 0 Å². The van der Waals surface area contributed by atoms with Crippen LogP contribution < -0.4 is 5.73 Å². The van der Waals surface area contributed by atoms with Crippen molar-refractivity contribution >= 4 is 40.9 Å². The molecule has 2 N–H and O–H groups in total. The van der Waals surface area contributed by atoms with Crippen molar-refractivity contribution in [2.75, 3.05) is 5.73 Å². The lowest BCUT2D eigenvalue weighted by Crippen LogP contribution is -1.90. The zero-order valence-corrected chi connectivity index (χ0v) is 10.3. The number of hydrogen-bond acceptors (Lipinski definition) is 3. The van der Waals surface area contributed by atoms with Crippen LogP contribution in [0.3, 0.4) is 0 Å². The molecule has 0 aliphatic carbocycles. The molecule has 0 amide bonds. The van der Waals surface area contributed by atoms with Crippen LogP contribution in [0.1, 0.15) is 5.56 Å². The molecule has 0 bridgehead atoms. The van der Waals surface area contributed by atoms with E-state index in [0.717, 1.165) is 0 Å². The van der Waals surface area contributed by atoms with Gasteiger partial charge >= 0.3 is 0 Å². The van der Waals surface area contributed by atoms with Crippen molar-refractivity contribution in [1.29, 1.82) is 0 Å². The molecule has 0 saturated heterocycles. The second-order valence-electron chi connectivity index (χ2n) is 3.34. The minimum atomic E-state index is 0.467. The van der Waals surface area contributed by atoms with E-state index in [1.807, 2.05) is 12.1 Å². The van der Waals surface area contributed by atoms with Gasteiger partial charge in [-0.05, 0) is 24.3 Å². The molecular weight excluding hydrogens is 257 g/mol. The molecule has 3 nitrogen and oxygen atoms in total. The zero-order chi connectivity index (χ0) is 12.3. The van der Waals surface area contributed by atoms with Crippen LogP contribution >= 0.6 is 23.2 Å². The summed E-state index contributed by atoms with van der Waals surface area (Å²) in [4.78, 5) is 8.24. The van der Waals surface area contributed by atoms with Gasteiger partial charge in [-0.25, -0.2) is 9.98 Å². The van der Waals surface area contributed by atoms with Crippen molar-refractivity contribution in [3.63, 3.8) is 0 Å². The summed E-state index contributed by atoms with van der Waals surface area (Å²) in [5.41, 5.74) is 6.77. The third-order valence-corrected chi connectivity index (χ3v) is 2.70. The lowest BCUT2D eigenvalue weighted by molar-refractivity contribution is 1.28. The smallest absolute Gasteiger partial charge is 0.151 e. The monoisotopic (exact) mass is 265 g/mol. The molecule has 0 aliphatic rings. The molecule has 2 rings (SSSR count). The maximum absolute atomic E-state index is 6.02. The molecule has 2 aromatic rings. The summed E-state index contributed by atoms with van der Waals surface area (Å²) >= 11 is 12.0. The minimum Gasteiger partial charge on any atom is -0.399 e. The Morgan fingerprint density at radius 2 is 1.88 bits per heavy atom. The third kappa shape index (κ3) is 2.96. The second-order valence-corrected chi connectivity index (χ2v) is 4.16. The lowest BCUT2D eigenvalue weighted by Gasteiger charge is -2.02. The second kappa shape index (κ2) is 5.17. The predicted molar refractivity (Wildman–Crippen MR) is 72.4 cm³/mol. The number of aliphatic imine (C=N–C) groups is 1. The largest absolute Gasteiger partial charge is 0.399 e. The first-order valence-corrected chi connectivity index (χ1v) is 5.62. The van der Waals surface area contributed by atoms with Gasteiger partial charge in [0.05, 0.1) is 10.0 Å². The van der Waals surface area contributed by atoms with Gasteiger partial charge in [-0.2, -0.15) is 0 Å². The van der Waals surface area contributed by atoms with E-state index in [1.54, 1.807) is 30.6 Å². The molecule has 1 aromatic carbocycles. The van der Waals surface area contributed by atoms with E-state index < -0.39 is 0 Å². The first-order valence-electron chi connectivity index (χ1n) is 4.86. The summed E-state index contributed by atoms with van der Waals surface area (Å²) in [6.07, 6.45) is 3.24. The fourth-order valence-electron chi connectivity index (χ4n) is 1.29. The van der Waals surface area contributed by atoms with Gasteiger partial charge in [-0.1, -0.05) is 29.3 Å². The first kappa shape index (κ1) is 11.9. The molecule has 0 radical (unpaired) electrons. The first-order chi connectivity index (χ1) is 8.16. The summed E-state index contributed by atoms with van der Waals surface area (Å²) in [7, 11) is 0. The Kier molecular flexibility index (Phi) is 3.61. The Labute approximate surface area is 109 Å². The molecule has 86 valence electrons. The van der Waals surface area contributed by atoms with Crippen LogP contribution in [-0.2, 0) is 0 Å². The highest BCUT2D eigenvalue weighted by Crippen LogP contribution is 2.26. The third-order valence-electron chi connectivity index (χ3n) is 2.08. The van der Waals surface area contributed by atoms with E-state index in [9.17, 15) is 0 Å². The summed E-state index contributed by atoms with van der Waals surface area (Å²) < 4.78 is 0. The molecule has 17 heavy (non-hydrogen) atoms. The average Bonchev–Trinajstić information content (AvgIpc) is 2.29. The number of nitrogens with two attached hydrogens (primary N) is 1. The van der Waals surface area contributed by atoms with Crippen LogP contribution in [0.15, 0.2) is 41.5 Å². The molecule has 0 unspecified atom stereocenters. The lowest BCUT2D eigenvalue weighted by atomic mass is 10.2.